The van der Waals surface area contributed by atoms with Gasteiger partial charge in [0.15, 0.2) is 0 Å². The number of hydrogen-bond donors (Lipinski definition) is 4. The highest BCUT2D eigenvalue weighted by Gasteiger charge is 2.22. The second-order valence-electron chi connectivity index (χ2n) is 7.73. The van der Waals surface area contributed by atoms with Crippen LogP contribution in [0.15, 0.2) is 30.3 Å². The second kappa shape index (κ2) is 9.30. The first-order valence-electron chi connectivity index (χ1n) is 9.05. The number of aliphatic hydroxyl groups is 1. The molecule has 25 heavy (non-hydrogen) atoms. The molecule has 4 N–H and O–H groups in total. The van der Waals surface area contributed by atoms with Gasteiger partial charge in [-0.15, -0.1) is 0 Å². The van der Waals surface area contributed by atoms with Crippen LogP contribution >= 0.6 is 11.9 Å². The van der Waals surface area contributed by atoms with Gasteiger partial charge in [-0.25, -0.2) is 0 Å². The number of hydrogen-bond acceptors (Lipinski definition) is 5. The lowest BCUT2D eigenvalue weighted by molar-refractivity contribution is 0.328. The highest BCUT2D eigenvalue weighted by atomic mass is 32.2. The van der Waals surface area contributed by atoms with Crippen molar-refractivity contribution in [3.05, 3.63) is 35.9 Å². The highest BCUT2D eigenvalue weighted by Crippen LogP contribution is 2.28. The lowest BCUT2D eigenvalue weighted by Gasteiger charge is -2.31. The molecule has 1 aromatic rings. The van der Waals surface area contributed by atoms with Gasteiger partial charge in [-0.1, -0.05) is 11.9 Å². The second-order valence-corrected chi connectivity index (χ2v) is 9.39. The maximum absolute atomic E-state index is 9.75. The van der Waals surface area contributed by atoms with Crippen molar-refractivity contribution in [2.24, 2.45) is 5.92 Å². The van der Waals surface area contributed by atoms with Gasteiger partial charge in [0.25, 0.3) is 0 Å². The fraction of sp³-hybridized carbons (Fsp3) is 0.550. The van der Waals surface area contributed by atoms with Crippen molar-refractivity contribution in [2.45, 2.75) is 57.2 Å². The molecule has 0 aromatic heterocycles. The average molecular weight is 362 g/mol. The number of anilines is 1. The van der Waals surface area contributed by atoms with Gasteiger partial charge >= 0.3 is 0 Å². The quantitative estimate of drug-likeness (QED) is 0.304. The van der Waals surface area contributed by atoms with Crippen LogP contribution in [0.5, 0.6) is 0 Å². The predicted molar refractivity (Wildman–Crippen MR) is 111 cm³/mol. The number of aliphatic hydroxyl groups excluding tert-OH is 1. The Morgan fingerprint density at radius 1 is 1.20 bits per heavy atom. The third-order valence-electron chi connectivity index (χ3n) is 4.40. The zero-order chi connectivity index (χ0) is 18.3. The molecule has 0 unspecified atom stereocenters. The molecule has 2 rings (SSSR count). The molecule has 0 amide bonds. The van der Waals surface area contributed by atoms with Gasteiger partial charge < -0.3 is 15.8 Å². The summed E-state index contributed by atoms with van der Waals surface area (Å²) in [4.78, 5) is 0. The molecule has 1 aromatic carbocycles. The third kappa shape index (κ3) is 7.12. The summed E-state index contributed by atoms with van der Waals surface area (Å²) in [7, 11) is 0. The van der Waals surface area contributed by atoms with Gasteiger partial charge in [-0.05, 0) is 82.7 Å². The number of benzene rings is 1. The Labute approximate surface area is 156 Å². The Morgan fingerprint density at radius 3 is 2.40 bits per heavy atom. The minimum absolute atomic E-state index is 0.125. The van der Waals surface area contributed by atoms with Crippen LogP contribution in [0, 0.1) is 11.3 Å². The monoisotopic (exact) mass is 361 g/mol. The van der Waals surface area contributed by atoms with Crippen molar-refractivity contribution in [1.82, 2.24) is 4.72 Å². The Morgan fingerprint density at radius 2 is 1.84 bits per heavy atom. The first-order valence-corrected chi connectivity index (χ1v) is 9.86. The fourth-order valence-electron chi connectivity index (χ4n) is 2.94. The Bertz CT molecular complexity index is 570. The highest BCUT2D eigenvalue weighted by molar-refractivity contribution is 7.98. The summed E-state index contributed by atoms with van der Waals surface area (Å²) in [5.41, 5.74) is 1.81. The SMILES string of the molecule is CC(C)(C)SNC1CCC(CNc2ccc(/C(O)=C/C=N)cc2)CC1. The van der Waals surface area contributed by atoms with Crippen LogP contribution in [0.25, 0.3) is 5.76 Å². The molecular weight excluding hydrogens is 330 g/mol. The summed E-state index contributed by atoms with van der Waals surface area (Å²) in [5, 5.41) is 20.3. The van der Waals surface area contributed by atoms with E-state index in [1.165, 1.54) is 31.8 Å². The molecule has 138 valence electrons. The van der Waals surface area contributed by atoms with Crippen molar-refractivity contribution in [2.75, 3.05) is 11.9 Å². The number of allylic oxidation sites excluding steroid dienone is 1. The molecule has 0 radical (unpaired) electrons. The van der Waals surface area contributed by atoms with E-state index in [-0.39, 0.29) is 10.5 Å². The number of rotatable bonds is 7. The summed E-state index contributed by atoms with van der Waals surface area (Å²) in [6.07, 6.45) is 7.49. The summed E-state index contributed by atoms with van der Waals surface area (Å²) < 4.78 is 3.91. The van der Waals surface area contributed by atoms with Gasteiger partial charge in [0.1, 0.15) is 5.76 Å². The molecule has 4 nitrogen and oxygen atoms in total. The molecule has 5 heteroatoms. The lowest BCUT2D eigenvalue weighted by atomic mass is 9.86. The standard InChI is InChI=1S/C20H31N3OS/c1-20(2,3)25-23-18-8-4-15(5-9-18)14-22-17-10-6-16(7-11-17)19(24)12-13-21/h6-7,10-13,15,18,21-24H,4-5,8-9,14H2,1-3H3/b19-12-,21-13?. The molecule has 1 aliphatic carbocycles. The smallest absolute Gasteiger partial charge is 0.124 e. The van der Waals surface area contributed by atoms with E-state index in [1.54, 1.807) is 0 Å². The van der Waals surface area contributed by atoms with Crippen LogP contribution in [-0.2, 0) is 0 Å². The molecule has 0 saturated heterocycles. The van der Waals surface area contributed by atoms with Gasteiger partial charge in [-0.2, -0.15) is 0 Å². The minimum atomic E-state index is 0.125. The third-order valence-corrected chi connectivity index (χ3v) is 5.46. The van der Waals surface area contributed by atoms with Crippen molar-refractivity contribution in [3.63, 3.8) is 0 Å². The maximum Gasteiger partial charge on any atom is 0.124 e. The van der Waals surface area contributed by atoms with E-state index in [2.05, 4.69) is 30.8 Å². The van der Waals surface area contributed by atoms with Gasteiger partial charge in [0.05, 0.1) is 0 Å². The van der Waals surface area contributed by atoms with Crippen LogP contribution in [0.1, 0.15) is 52.0 Å². The first kappa shape index (κ1) is 19.9. The van der Waals surface area contributed by atoms with Gasteiger partial charge in [0.2, 0.25) is 0 Å². The van der Waals surface area contributed by atoms with E-state index in [4.69, 9.17) is 5.41 Å². The van der Waals surface area contributed by atoms with E-state index < -0.39 is 0 Å². The van der Waals surface area contributed by atoms with Crippen LogP contribution in [-0.4, -0.2) is 28.7 Å². The largest absolute Gasteiger partial charge is 0.507 e. The summed E-state index contributed by atoms with van der Waals surface area (Å²) in [5.74, 6) is 0.851. The predicted octanol–water partition coefficient (Wildman–Crippen LogP) is 5.24. The van der Waals surface area contributed by atoms with Crippen LogP contribution in [0.2, 0.25) is 0 Å². The average Bonchev–Trinajstić information content (AvgIpc) is 2.59. The van der Waals surface area contributed by atoms with E-state index in [9.17, 15) is 5.11 Å². The van der Waals surface area contributed by atoms with E-state index in [0.717, 1.165) is 29.9 Å². The summed E-state index contributed by atoms with van der Waals surface area (Å²) >= 11 is 1.85. The molecular formula is C20H31N3OS. The Hall–Kier alpha value is -1.46. The molecule has 0 spiro atoms. The summed E-state index contributed by atoms with van der Waals surface area (Å²) in [6, 6.07) is 8.36. The molecule has 1 aliphatic rings. The molecule has 1 saturated carbocycles. The van der Waals surface area contributed by atoms with E-state index >= 15 is 0 Å². The van der Waals surface area contributed by atoms with E-state index in [0.29, 0.717) is 6.04 Å². The van der Waals surface area contributed by atoms with Gasteiger partial charge in [0, 0.05) is 34.8 Å². The molecule has 0 bridgehead atoms. The molecule has 0 aliphatic heterocycles. The first-order chi connectivity index (χ1) is 11.9. The molecule has 0 atom stereocenters. The van der Waals surface area contributed by atoms with Crippen molar-refractivity contribution in [1.29, 1.82) is 5.41 Å². The number of nitrogens with one attached hydrogen (secondary N) is 3. The topological polar surface area (TPSA) is 68.1 Å². The summed E-state index contributed by atoms with van der Waals surface area (Å²) in [6.45, 7) is 7.73. The maximum atomic E-state index is 9.75. The fourth-order valence-corrected chi connectivity index (χ4v) is 3.70. The van der Waals surface area contributed by atoms with Crippen molar-refractivity contribution < 1.29 is 5.11 Å². The molecule has 0 heterocycles. The zero-order valence-corrected chi connectivity index (χ0v) is 16.3. The zero-order valence-electron chi connectivity index (χ0n) is 15.5. The lowest BCUT2D eigenvalue weighted by Crippen LogP contribution is -2.33. The van der Waals surface area contributed by atoms with Crippen LogP contribution in [0.3, 0.4) is 0 Å². The normalized spacial score (nSPS) is 21.8. The van der Waals surface area contributed by atoms with E-state index in [1.807, 2.05) is 36.2 Å². The van der Waals surface area contributed by atoms with Crippen LogP contribution < -0.4 is 10.0 Å². The Balaban J connectivity index is 1.72. The van der Waals surface area contributed by atoms with Crippen LogP contribution in [0.4, 0.5) is 5.69 Å². The van der Waals surface area contributed by atoms with Crippen molar-refractivity contribution >= 4 is 29.6 Å². The molecule has 1 fully saturated rings. The van der Waals surface area contributed by atoms with Gasteiger partial charge in [-0.3, -0.25) is 4.72 Å². The Kier molecular flexibility index (Phi) is 7.38. The van der Waals surface area contributed by atoms with Crippen molar-refractivity contribution in [3.8, 4) is 0 Å². The minimum Gasteiger partial charge on any atom is -0.507 e.